The van der Waals surface area contributed by atoms with Gasteiger partial charge in [0.05, 0.1) is 6.04 Å². The summed E-state index contributed by atoms with van der Waals surface area (Å²) < 4.78 is 7.95. The van der Waals surface area contributed by atoms with Crippen molar-refractivity contribution in [3.63, 3.8) is 0 Å². The highest BCUT2D eigenvalue weighted by atomic mass is 35.5. The van der Waals surface area contributed by atoms with E-state index in [4.69, 9.17) is 16.3 Å². The zero-order chi connectivity index (χ0) is 29.7. The molecule has 1 aliphatic carbocycles. The Morgan fingerprint density at radius 1 is 1.05 bits per heavy atom. The molecule has 10 heteroatoms. The second-order valence-corrected chi connectivity index (χ2v) is 12.6. The van der Waals surface area contributed by atoms with Crippen LogP contribution in [0, 0.1) is 5.92 Å². The molecule has 42 heavy (non-hydrogen) atoms. The van der Waals surface area contributed by atoms with Crippen molar-refractivity contribution in [1.29, 1.82) is 0 Å². The molecule has 0 unspecified atom stereocenters. The second-order valence-electron chi connectivity index (χ2n) is 11.1. The molecule has 0 saturated heterocycles. The number of hydrogen-bond donors (Lipinski definition) is 2. The second kappa shape index (κ2) is 16.6. The van der Waals surface area contributed by atoms with E-state index < -0.39 is 17.4 Å². The van der Waals surface area contributed by atoms with Crippen LogP contribution in [0.25, 0.3) is 0 Å². The van der Waals surface area contributed by atoms with Gasteiger partial charge in [0.2, 0.25) is 11.8 Å². The Labute approximate surface area is 257 Å². The molecule has 0 aromatic heterocycles. The molecule has 8 nitrogen and oxygen atoms in total. The lowest BCUT2D eigenvalue weighted by molar-refractivity contribution is -0.132. The molecule has 2 aromatic carbocycles. The molecule has 2 atom stereocenters. The molecule has 1 aliphatic heterocycles. The molecule has 2 N–H and O–H groups in total. The first-order valence-electron chi connectivity index (χ1n) is 14.8. The van der Waals surface area contributed by atoms with Crippen molar-refractivity contribution < 1.29 is 23.9 Å². The maximum atomic E-state index is 13.4. The average Bonchev–Trinajstić information content (AvgIpc) is 3.23. The normalized spacial score (nSPS) is 16.8. The smallest absolute Gasteiger partial charge is 0.417 e. The number of aryl methyl sites for hydroxylation is 1. The summed E-state index contributed by atoms with van der Waals surface area (Å²) in [6.07, 6.45) is 8.36. The monoisotopic (exact) mass is 613 g/mol. The van der Waals surface area contributed by atoms with Gasteiger partial charge in [-0.2, -0.15) is 0 Å². The van der Waals surface area contributed by atoms with Gasteiger partial charge < -0.3 is 19.7 Å². The number of halogens is 1. The van der Waals surface area contributed by atoms with Crippen LogP contribution in [0.2, 0.25) is 5.02 Å². The molecule has 1 fully saturated rings. The van der Waals surface area contributed by atoms with Crippen molar-refractivity contribution in [2.45, 2.75) is 88.7 Å². The maximum absolute atomic E-state index is 13.4. The van der Waals surface area contributed by atoms with Gasteiger partial charge in [-0.3, -0.25) is 14.3 Å². The van der Waals surface area contributed by atoms with E-state index in [9.17, 15) is 19.2 Å². The number of rotatable bonds is 12. The quantitative estimate of drug-likeness (QED) is 0.225. The summed E-state index contributed by atoms with van der Waals surface area (Å²) in [5.74, 6) is 0.0208. The largest absolute Gasteiger partial charge is 0.444 e. The zero-order valence-electron chi connectivity index (χ0n) is 23.9. The Bertz CT molecular complexity index is 1220. The Kier molecular flexibility index (Phi) is 12.6. The number of nitrogens with one attached hydrogen (secondary N) is 2. The van der Waals surface area contributed by atoms with Crippen LogP contribution in [0.1, 0.15) is 74.5 Å². The fourth-order valence-electron chi connectivity index (χ4n) is 5.66. The number of carbonyl (C=O) groups is 4. The Balaban J connectivity index is 1.29. The molecule has 0 spiro atoms. The number of amides is 3. The third-order valence-corrected chi connectivity index (χ3v) is 9.19. The molecule has 2 aromatic rings. The summed E-state index contributed by atoms with van der Waals surface area (Å²) in [4.78, 5) is 52.6. The van der Waals surface area contributed by atoms with Gasteiger partial charge in [-0.25, -0.2) is 4.79 Å². The first-order chi connectivity index (χ1) is 20.4. The van der Waals surface area contributed by atoms with Crippen LogP contribution < -0.4 is 10.0 Å². The van der Waals surface area contributed by atoms with E-state index in [1.807, 2.05) is 23.1 Å². The third kappa shape index (κ3) is 10.1. The lowest BCUT2D eigenvalue weighted by atomic mass is 9.86. The van der Waals surface area contributed by atoms with Crippen molar-refractivity contribution in [3.05, 3.63) is 70.2 Å². The number of benzene rings is 2. The van der Waals surface area contributed by atoms with Crippen LogP contribution in [0.4, 0.5) is 4.79 Å². The number of ether oxygens (including phenoxy) is 1. The van der Waals surface area contributed by atoms with Crippen LogP contribution >= 0.6 is 23.5 Å². The predicted molar refractivity (Wildman–Crippen MR) is 165 cm³/mol. The lowest BCUT2D eigenvalue weighted by Crippen LogP contribution is -2.43. The highest BCUT2D eigenvalue weighted by molar-refractivity contribution is 7.99. The van der Waals surface area contributed by atoms with Crippen molar-refractivity contribution in [2.75, 3.05) is 6.54 Å². The minimum atomic E-state index is -0.787. The first kappa shape index (κ1) is 31.9. The van der Waals surface area contributed by atoms with Crippen molar-refractivity contribution in [2.24, 2.45) is 5.92 Å². The first-order valence-corrected chi connectivity index (χ1v) is 16.1. The number of carbonyl (C=O) groups excluding carboxylic acids is 4. The van der Waals surface area contributed by atoms with Crippen LogP contribution in [0.5, 0.6) is 0 Å². The Morgan fingerprint density at radius 2 is 1.83 bits per heavy atom. The fourth-order valence-corrected chi connectivity index (χ4v) is 6.71. The lowest BCUT2D eigenvalue weighted by Gasteiger charge is -2.26. The number of aldehydes is 1. The van der Waals surface area contributed by atoms with Gasteiger partial charge in [0.1, 0.15) is 18.1 Å². The van der Waals surface area contributed by atoms with Gasteiger partial charge in [-0.15, -0.1) is 0 Å². The topological polar surface area (TPSA) is 105 Å². The van der Waals surface area contributed by atoms with Gasteiger partial charge in [-0.05, 0) is 72.4 Å². The van der Waals surface area contributed by atoms with Crippen LogP contribution in [-0.2, 0) is 38.7 Å². The Morgan fingerprint density at radius 3 is 2.60 bits per heavy atom. The molecule has 226 valence electrons. The van der Waals surface area contributed by atoms with E-state index in [2.05, 4.69) is 22.2 Å². The molecule has 4 rings (SSSR count). The molecule has 0 bridgehead atoms. The summed E-state index contributed by atoms with van der Waals surface area (Å²) in [6.45, 7) is 1.29. The van der Waals surface area contributed by atoms with Gasteiger partial charge in [0.15, 0.2) is 0 Å². The summed E-state index contributed by atoms with van der Waals surface area (Å²) in [7, 11) is 0. The highest BCUT2D eigenvalue weighted by Crippen LogP contribution is 2.30. The van der Waals surface area contributed by atoms with E-state index in [0.29, 0.717) is 36.7 Å². The van der Waals surface area contributed by atoms with Gasteiger partial charge >= 0.3 is 6.09 Å². The van der Waals surface area contributed by atoms with E-state index in [1.165, 1.54) is 12.0 Å². The zero-order valence-corrected chi connectivity index (χ0v) is 25.5. The van der Waals surface area contributed by atoms with E-state index in [1.54, 1.807) is 18.2 Å². The average molecular weight is 614 g/mol. The minimum absolute atomic E-state index is 0.0231. The van der Waals surface area contributed by atoms with E-state index in [-0.39, 0.29) is 31.3 Å². The number of nitrogens with zero attached hydrogens (tertiary/aromatic N) is 1. The number of fused-ring (bicyclic) bond motifs is 1. The molecular weight excluding hydrogens is 574 g/mol. The number of hydrogen-bond acceptors (Lipinski definition) is 6. The van der Waals surface area contributed by atoms with E-state index >= 15 is 0 Å². The van der Waals surface area contributed by atoms with Crippen molar-refractivity contribution in [1.82, 2.24) is 14.9 Å². The van der Waals surface area contributed by atoms with Crippen LogP contribution in [0.15, 0.2) is 48.5 Å². The van der Waals surface area contributed by atoms with Crippen LogP contribution in [0.3, 0.4) is 0 Å². The predicted octanol–water partition coefficient (Wildman–Crippen LogP) is 5.99. The van der Waals surface area contributed by atoms with E-state index in [0.717, 1.165) is 61.6 Å². The van der Waals surface area contributed by atoms with Gasteiger partial charge in [0.25, 0.3) is 0 Å². The van der Waals surface area contributed by atoms with Gasteiger partial charge in [0, 0.05) is 24.5 Å². The summed E-state index contributed by atoms with van der Waals surface area (Å²) in [6, 6.07) is 14.4. The molecule has 2 aliphatic rings. The molecule has 1 heterocycles. The third-order valence-electron chi connectivity index (χ3n) is 7.98. The van der Waals surface area contributed by atoms with Crippen LogP contribution in [-0.4, -0.2) is 46.9 Å². The molecule has 1 saturated carbocycles. The summed E-state index contributed by atoms with van der Waals surface area (Å²) in [5.41, 5.74) is 3.19. The SMILES string of the molecule is O=C[C@H](CCC(=O)N1CCCc2ccccc2C1)NC(=O)[C@H](CC1CCCCC1)SNC(=O)OCc1cccc(Cl)c1. The van der Waals surface area contributed by atoms with Gasteiger partial charge in [-0.1, -0.05) is 80.1 Å². The molecule has 0 radical (unpaired) electrons. The summed E-state index contributed by atoms with van der Waals surface area (Å²) in [5, 5.41) is 2.79. The van der Waals surface area contributed by atoms with Crippen molar-refractivity contribution >= 4 is 47.7 Å². The summed E-state index contributed by atoms with van der Waals surface area (Å²) >= 11 is 7.01. The fraction of sp³-hybridized carbons (Fsp3) is 0.500. The minimum Gasteiger partial charge on any atom is -0.444 e. The van der Waals surface area contributed by atoms with Crippen molar-refractivity contribution in [3.8, 4) is 0 Å². The molecular formula is C32H40ClN3O5S. The standard InChI is InChI=1S/C32H40ClN3O5S/c33-27-14-6-10-24(18-27)22-41-32(40)35-42-29(19-23-8-2-1-3-9-23)31(39)34-28(21-37)15-16-30(38)36-17-7-13-25-11-4-5-12-26(25)20-36/h4-6,10-12,14,18,21,23,28-29H,1-3,7-9,13,15-17,19-20,22H2,(H,34,39)(H,35,40)/t28-,29-/m0/s1. The Hall–Kier alpha value is -3.04. The molecule has 3 amide bonds. The highest BCUT2D eigenvalue weighted by Gasteiger charge is 2.28. The maximum Gasteiger partial charge on any atom is 0.417 e.